The van der Waals surface area contributed by atoms with E-state index in [9.17, 15) is 9.59 Å². The van der Waals surface area contributed by atoms with E-state index in [1.54, 1.807) is 16.7 Å². The summed E-state index contributed by atoms with van der Waals surface area (Å²) in [4.78, 5) is 27.0. The summed E-state index contributed by atoms with van der Waals surface area (Å²) in [6.45, 7) is 6.03. The highest BCUT2D eigenvalue weighted by Gasteiger charge is 2.37. The Hall–Kier alpha value is -1.49. The summed E-state index contributed by atoms with van der Waals surface area (Å²) in [5.41, 5.74) is 1.07. The lowest BCUT2D eigenvalue weighted by Gasteiger charge is -2.27. The van der Waals surface area contributed by atoms with Gasteiger partial charge in [0.05, 0.1) is 11.9 Å². The molecule has 1 fully saturated rings. The highest BCUT2D eigenvalue weighted by atomic mass is 32.2. The van der Waals surface area contributed by atoms with Crippen LogP contribution in [0.5, 0.6) is 0 Å². The first kappa shape index (κ1) is 17.9. The van der Waals surface area contributed by atoms with E-state index < -0.39 is 0 Å². The third kappa shape index (κ3) is 4.28. The number of thioether (sulfide) groups is 1. The van der Waals surface area contributed by atoms with Gasteiger partial charge in [0.2, 0.25) is 11.8 Å². The highest BCUT2D eigenvalue weighted by molar-refractivity contribution is 7.99. The minimum atomic E-state index is -0.348. The molecule has 0 aromatic heterocycles. The molecule has 23 heavy (non-hydrogen) atoms. The number of benzene rings is 1. The second kappa shape index (κ2) is 8.39. The number of nitrogens with zero attached hydrogens (tertiary/aromatic N) is 1. The van der Waals surface area contributed by atoms with Crippen molar-refractivity contribution in [1.29, 1.82) is 0 Å². The van der Waals surface area contributed by atoms with Crippen molar-refractivity contribution < 1.29 is 9.59 Å². The van der Waals surface area contributed by atoms with Gasteiger partial charge < -0.3 is 10.2 Å². The zero-order valence-electron chi connectivity index (χ0n) is 14.1. The van der Waals surface area contributed by atoms with Gasteiger partial charge in [0, 0.05) is 11.7 Å². The smallest absolute Gasteiger partial charge is 0.244 e. The maximum atomic E-state index is 12.6. The van der Waals surface area contributed by atoms with Crippen LogP contribution in [0.3, 0.4) is 0 Å². The monoisotopic (exact) mass is 334 g/mol. The van der Waals surface area contributed by atoms with Crippen molar-refractivity contribution in [1.82, 2.24) is 10.2 Å². The van der Waals surface area contributed by atoms with Crippen molar-refractivity contribution in [2.75, 3.05) is 11.6 Å². The van der Waals surface area contributed by atoms with Gasteiger partial charge in [-0.25, -0.2) is 0 Å². The Balaban J connectivity index is 2.02. The van der Waals surface area contributed by atoms with Crippen LogP contribution in [0.1, 0.15) is 45.2 Å². The first-order chi connectivity index (χ1) is 11.1. The van der Waals surface area contributed by atoms with Crippen molar-refractivity contribution in [3.8, 4) is 0 Å². The Bertz CT molecular complexity index is 531. The van der Waals surface area contributed by atoms with E-state index in [0.29, 0.717) is 11.6 Å². The van der Waals surface area contributed by atoms with Crippen LogP contribution >= 0.6 is 11.8 Å². The maximum absolute atomic E-state index is 12.6. The van der Waals surface area contributed by atoms with Crippen molar-refractivity contribution in [3.63, 3.8) is 0 Å². The van der Waals surface area contributed by atoms with Crippen LogP contribution in [0.4, 0.5) is 0 Å². The fourth-order valence-electron chi connectivity index (χ4n) is 2.88. The van der Waals surface area contributed by atoms with Gasteiger partial charge in [-0.2, -0.15) is 0 Å². The highest BCUT2D eigenvalue weighted by Crippen LogP contribution is 2.25. The number of nitrogens with one attached hydrogen (secondary N) is 1. The normalized spacial score (nSPS) is 19.0. The van der Waals surface area contributed by atoms with Gasteiger partial charge in [-0.3, -0.25) is 9.59 Å². The number of rotatable bonds is 6. The van der Waals surface area contributed by atoms with E-state index in [0.717, 1.165) is 18.4 Å². The molecule has 0 spiro atoms. The fraction of sp³-hybridized carbons (Fsp3) is 0.556. The minimum Gasteiger partial charge on any atom is -0.348 e. The van der Waals surface area contributed by atoms with E-state index in [-0.39, 0.29) is 29.8 Å². The Morgan fingerprint density at radius 3 is 2.52 bits per heavy atom. The lowest BCUT2D eigenvalue weighted by atomic mass is 10.0. The van der Waals surface area contributed by atoms with Gasteiger partial charge >= 0.3 is 0 Å². The van der Waals surface area contributed by atoms with Crippen LogP contribution in [0, 0.1) is 5.92 Å². The van der Waals surface area contributed by atoms with Gasteiger partial charge in [0.1, 0.15) is 6.04 Å². The van der Waals surface area contributed by atoms with Gasteiger partial charge in [-0.1, -0.05) is 44.2 Å². The Labute approximate surface area is 143 Å². The topological polar surface area (TPSA) is 49.4 Å². The lowest BCUT2D eigenvalue weighted by Crippen LogP contribution is -2.49. The molecule has 2 rings (SSSR count). The molecule has 0 aliphatic carbocycles. The number of hydrogen-bond donors (Lipinski definition) is 1. The summed E-state index contributed by atoms with van der Waals surface area (Å²) >= 11 is 1.65. The first-order valence-corrected chi connectivity index (χ1v) is 9.47. The van der Waals surface area contributed by atoms with E-state index in [1.807, 2.05) is 51.1 Å². The third-order valence-electron chi connectivity index (χ3n) is 4.46. The number of carbonyl (C=O) groups excluding carboxylic acids is 2. The van der Waals surface area contributed by atoms with E-state index in [4.69, 9.17) is 0 Å². The molecule has 1 aromatic rings. The van der Waals surface area contributed by atoms with Gasteiger partial charge in [0.15, 0.2) is 0 Å². The molecular weight excluding hydrogens is 308 g/mol. The molecule has 5 heteroatoms. The zero-order valence-corrected chi connectivity index (χ0v) is 14.9. The molecule has 0 bridgehead atoms. The summed E-state index contributed by atoms with van der Waals surface area (Å²) in [5, 5.41) is 3.05. The van der Waals surface area contributed by atoms with Gasteiger partial charge in [-0.15, -0.1) is 11.8 Å². The number of hydrogen-bond acceptors (Lipinski definition) is 3. The van der Waals surface area contributed by atoms with Crippen molar-refractivity contribution in [3.05, 3.63) is 35.9 Å². The summed E-state index contributed by atoms with van der Waals surface area (Å²) in [7, 11) is 0. The van der Waals surface area contributed by atoms with E-state index in [1.165, 1.54) is 0 Å². The summed E-state index contributed by atoms with van der Waals surface area (Å²) < 4.78 is 0. The molecule has 126 valence electrons. The third-order valence-corrected chi connectivity index (χ3v) is 5.47. The molecule has 0 saturated carbocycles. The number of carbonyl (C=O) groups is 2. The molecule has 1 heterocycles. The van der Waals surface area contributed by atoms with Crippen LogP contribution in [0.2, 0.25) is 0 Å². The zero-order chi connectivity index (χ0) is 16.8. The first-order valence-electron chi connectivity index (χ1n) is 8.32. The maximum Gasteiger partial charge on any atom is 0.244 e. The second-order valence-corrected chi connectivity index (χ2v) is 6.98. The average Bonchev–Trinajstić information content (AvgIpc) is 3.06. The Morgan fingerprint density at radius 2 is 1.91 bits per heavy atom. The molecule has 1 aliphatic rings. The molecule has 2 atom stereocenters. The molecule has 1 aliphatic heterocycles. The van der Waals surface area contributed by atoms with Crippen LogP contribution in [0.15, 0.2) is 30.3 Å². The number of amides is 2. The second-order valence-electron chi connectivity index (χ2n) is 5.98. The van der Waals surface area contributed by atoms with E-state index >= 15 is 0 Å². The van der Waals surface area contributed by atoms with Crippen molar-refractivity contribution >= 4 is 23.6 Å². The Morgan fingerprint density at radius 1 is 1.26 bits per heavy atom. The molecule has 0 radical (unpaired) electrons. The summed E-state index contributed by atoms with van der Waals surface area (Å²) in [5.74, 6) is 1.39. The Kier molecular flexibility index (Phi) is 6.51. The molecule has 1 saturated heterocycles. The van der Waals surface area contributed by atoms with E-state index in [2.05, 4.69) is 5.32 Å². The molecule has 1 N–H and O–H groups in total. The fourth-order valence-corrected chi connectivity index (χ4v) is 4.05. The van der Waals surface area contributed by atoms with Crippen molar-refractivity contribution in [2.24, 2.45) is 5.92 Å². The molecule has 1 aromatic carbocycles. The van der Waals surface area contributed by atoms with Crippen molar-refractivity contribution in [2.45, 2.75) is 45.7 Å². The predicted molar refractivity (Wildman–Crippen MR) is 95.0 cm³/mol. The molecule has 2 amide bonds. The average molecular weight is 334 g/mol. The van der Waals surface area contributed by atoms with Crippen LogP contribution in [-0.4, -0.2) is 34.4 Å². The van der Waals surface area contributed by atoms with Crippen LogP contribution in [0.25, 0.3) is 0 Å². The minimum absolute atomic E-state index is 0.0237. The van der Waals surface area contributed by atoms with Crippen LogP contribution < -0.4 is 5.32 Å². The summed E-state index contributed by atoms with van der Waals surface area (Å²) in [6.07, 6.45) is 1.65. The lowest BCUT2D eigenvalue weighted by molar-refractivity contribution is -0.141. The summed E-state index contributed by atoms with van der Waals surface area (Å²) in [6, 6.07) is 9.49. The predicted octanol–water partition coefficient (Wildman–Crippen LogP) is 3.20. The standard InChI is InChI=1S/C18H26N2O2S/c1-4-14(5-2)18(22)20-12-23-11-16(20)17(21)19-13(3)15-9-7-6-8-10-15/h6-10,13-14,16H,4-5,11-12H2,1-3H3,(H,19,21). The van der Waals surface area contributed by atoms with Gasteiger partial charge in [0.25, 0.3) is 0 Å². The molecule has 4 nitrogen and oxygen atoms in total. The van der Waals surface area contributed by atoms with Gasteiger partial charge in [-0.05, 0) is 25.3 Å². The molecular formula is C18H26N2O2S. The SMILES string of the molecule is CCC(CC)C(=O)N1CSCC1C(=O)NC(C)c1ccccc1. The largest absolute Gasteiger partial charge is 0.348 e. The molecule has 2 unspecified atom stereocenters. The quantitative estimate of drug-likeness (QED) is 0.869. The van der Waals surface area contributed by atoms with Crippen LogP contribution in [-0.2, 0) is 9.59 Å².